The molecule has 0 aliphatic heterocycles. The number of hydrogen-bond donors (Lipinski definition) is 0. The first-order chi connectivity index (χ1) is 15.9. The van der Waals surface area contributed by atoms with E-state index in [0.717, 1.165) is 5.69 Å². The van der Waals surface area contributed by atoms with Crippen molar-refractivity contribution in [3.05, 3.63) is 89.4 Å². The first kappa shape index (κ1) is 20.6. The summed E-state index contributed by atoms with van der Waals surface area (Å²) in [5.74, 6) is 0. The summed E-state index contributed by atoms with van der Waals surface area (Å²) in [6, 6.07) is 24.7. The summed E-state index contributed by atoms with van der Waals surface area (Å²) in [6.45, 7) is 9.06. The predicted molar refractivity (Wildman–Crippen MR) is 147 cm³/mol. The average Bonchev–Trinajstić information content (AvgIpc) is 3.41. The minimum atomic E-state index is 0.0539. The third-order valence-electron chi connectivity index (χ3n) is 6.43. The largest absolute Gasteiger partial charge is 0.255 e. The molecule has 3 aromatic carbocycles. The third-order valence-corrected chi connectivity index (χ3v) is 8.70. The molecule has 33 heavy (non-hydrogen) atoms. The normalized spacial score (nSPS) is 12.2. The third kappa shape index (κ3) is 3.47. The van der Waals surface area contributed by atoms with Crippen LogP contribution in [0.3, 0.4) is 0 Å². The standard InChI is InChI=1S/C30H25NS2/c1-18-17-32-27-15-20(9-10-23(18)27)26-16-21-11-12-31-28(29(21)33-26)22-13-19-7-5-6-8-24(19)25(14-22)30(2,3)4/h5-17H,1-4H3. The van der Waals surface area contributed by atoms with Gasteiger partial charge in [-0.2, -0.15) is 0 Å². The molecule has 0 saturated carbocycles. The summed E-state index contributed by atoms with van der Waals surface area (Å²) in [6.07, 6.45) is 1.95. The molecule has 0 bridgehead atoms. The molecule has 6 aromatic rings. The van der Waals surface area contributed by atoms with E-state index in [-0.39, 0.29) is 5.41 Å². The van der Waals surface area contributed by atoms with Crippen LogP contribution in [0.25, 0.3) is 52.6 Å². The lowest BCUT2D eigenvalue weighted by Crippen LogP contribution is -2.12. The number of nitrogens with zero attached hydrogens (tertiary/aromatic N) is 1. The highest BCUT2D eigenvalue weighted by molar-refractivity contribution is 7.22. The van der Waals surface area contributed by atoms with Gasteiger partial charge in [0.25, 0.3) is 0 Å². The fraction of sp³-hybridized carbons (Fsp3) is 0.167. The molecule has 0 saturated heterocycles. The van der Waals surface area contributed by atoms with Crippen molar-refractivity contribution < 1.29 is 0 Å². The monoisotopic (exact) mass is 463 g/mol. The molecule has 3 aromatic heterocycles. The van der Waals surface area contributed by atoms with E-state index in [9.17, 15) is 0 Å². The maximum Gasteiger partial charge on any atom is 0.0880 e. The summed E-state index contributed by atoms with van der Waals surface area (Å²) in [4.78, 5) is 6.18. The molecule has 6 rings (SSSR count). The first-order valence-corrected chi connectivity index (χ1v) is 13.0. The Labute approximate surface area is 202 Å². The van der Waals surface area contributed by atoms with Gasteiger partial charge in [0.1, 0.15) is 0 Å². The smallest absolute Gasteiger partial charge is 0.0880 e. The number of pyridine rings is 1. The van der Waals surface area contributed by atoms with E-state index in [1.807, 2.05) is 28.9 Å². The van der Waals surface area contributed by atoms with Gasteiger partial charge in [0.2, 0.25) is 0 Å². The number of fused-ring (bicyclic) bond motifs is 3. The zero-order valence-electron chi connectivity index (χ0n) is 19.3. The van der Waals surface area contributed by atoms with E-state index in [0.29, 0.717) is 0 Å². The van der Waals surface area contributed by atoms with E-state index in [1.54, 1.807) is 0 Å². The van der Waals surface area contributed by atoms with Crippen LogP contribution in [0.2, 0.25) is 0 Å². The molecule has 0 aliphatic rings. The number of benzene rings is 3. The lowest BCUT2D eigenvalue weighted by Gasteiger charge is -2.22. The molecule has 1 nitrogen and oxygen atoms in total. The molecule has 162 valence electrons. The van der Waals surface area contributed by atoms with E-state index in [2.05, 4.69) is 99.8 Å². The molecule has 0 radical (unpaired) electrons. The Hall–Kier alpha value is -3.01. The van der Waals surface area contributed by atoms with Crippen LogP contribution < -0.4 is 0 Å². The van der Waals surface area contributed by atoms with Crippen molar-refractivity contribution in [3.63, 3.8) is 0 Å². The van der Waals surface area contributed by atoms with E-state index < -0.39 is 0 Å². The minimum Gasteiger partial charge on any atom is -0.255 e. The second-order valence-electron chi connectivity index (χ2n) is 9.81. The second kappa shape index (κ2) is 7.51. The Morgan fingerprint density at radius 1 is 0.788 bits per heavy atom. The summed E-state index contributed by atoms with van der Waals surface area (Å²) in [7, 11) is 0. The van der Waals surface area contributed by atoms with Crippen molar-refractivity contribution in [1.29, 1.82) is 0 Å². The molecule has 0 aliphatic carbocycles. The quantitative estimate of drug-likeness (QED) is 0.249. The molecule has 0 atom stereocenters. The number of thiophene rings is 2. The number of rotatable bonds is 2. The van der Waals surface area contributed by atoms with E-state index in [1.165, 1.54) is 58.1 Å². The Bertz CT molecular complexity index is 1660. The lowest BCUT2D eigenvalue weighted by atomic mass is 9.82. The molecule has 3 heterocycles. The van der Waals surface area contributed by atoms with E-state index >= 15 is 0 Å². The van der Waals surface area contributed by atoms with Crippen LogP contribution in [0.1, 0.15) is 31.9 Å². The highest BCUT2D eigenvalue weighted by Gasteiger charge is 2.20. The first-order valence-electron chi connectivity index (χ1n) is 11.3. The zero-order chi connectivity index (χ0) is 22.7. The summed E-state index contributed by atoms with van der Waals surface area (Å²) in [5.41, 5.74) is 6.33. The molecule has 0 spiro atoms. The lowest BCUT2D eigenvalue weighted by molar-refractivity contribution is 0.596. The van der Waals surface area contributed by atoms with Gasteiger partial charge < -0.3 is 0 Å². The van der Waals surface area contributed by atoms with Crippen molar-refractivity contribution in [2.45, 2.75) is 33.1 Å². The van der Waals surface area contributed by atoms with Gasteiger partial charge in [-0.05, 0) is 86.3 Å². The summed E-state index contributed by atoms with van der Waals surface area (Å²) in [5, 5.41) is 7.46. The number of aromatic nitrogens is 1. The SMILES string of the molecule is Cc1csc2cc(-c3cc4ccnc(-c5cc(C(C)(C)C)c6ccccc6c5)c4s3)ccc12. The zero-order valence-corrected chi connectivity index (χ0v) is 20.9. The van der Waals surface area contributed by atoms with Crippen molar-refractivity contribution in [1.82, 2.24) is 4.98 Å². The maximum absolute atomic E-state index is 4.88. The molecule has 0 fully saturated rings. The van der Waals surface area contributed by atoms with Gasteiger partial charge in [-0.3, -0.25) is 4.98 Å². The fourth-order valence-electron chi connectivity index (χ4n) is 4.69. The van der Waals surface area contributed by atoms with Gasteiger partial charge >= 0.3 is 0 Å². The van der Waals surface area contributed by atoms with Crippen LogP contribution in [-0.4, -0.2) is 4.98 Å². The Morgan fingerprint density at radius 3 is 2.48 bits per heavy atom. The van der Waals surface area contributed by atoms with Crippen LogP contribution in [0.5, 0.6) is 0 Å². The van der Waals surface area contributed by atoms with Crippen LogP contribution in [0.4, 0.5) is 0 Å². The molecule has 0 N–H and O–H groups in total. The van der Waals surface area contributed by atoms with Crippen molar-refractivity contribution in [3.8, 4) is 21.7 Å². The van der Waals surface area contributed by atoms with Crippen LogP contribution >= 0.6 is 22.7 Å². The summed E-state index contributed by atoms with van der Waals surface area (Å²) < 4.78 is 2.61. The van der Waals surface area contributed by atoms with Crippen molar-refractivity contribution in [2.24, 2.45) is 0 Å². The van der Waals surface area contributed by atoms with Gasteiger partial charge in [0.05, 0.1) is 10.4 Å². The second-order valence-corrected chi connectivity index (χ2v) is 11.8. The Kier molecular flexibility index (Phi) is 4.69. The predicted octanol–water partition coefficient (Wildman–Crippen LogP) is 9.60. The Balaban J connectivity index is 1.55. The van der Waals surface area contributed by atoms with Crippen LogP contribution in [-0.2, 0) is 5.41 Å². The van der Waals surface area contributed by atoms with Crippen molar-refractivity contribution >= 4 is 53.6 Å². The molecule has 0 amide bonds. The van der Waals surface area contributed by atoms with E-state index in [4.69, 9.17) is 4.98 Å². The van der Waals surface area contributed by atoms with Gasteiger partial charge in [-0.25, -0.2) is 0 Å². The van der Waals surface area contributed by atoms with Gasteiger partial charge in [-0.15, -0.1) is 22.7 Å². The minimum absolute atomic E-state index is 0.0539. The number of aryl methyl sites for hydroxylation is 1. The van der Waals surface area contributed by atoms with Crippen molar-refractivity contribution in [2.75, 3.05) is 0 Å². The van der Waals surface area contributed by atoms with Crippen LogP contribution in [0.15, 0.2) is 78.3 Å². The average molecular weight is 464 g/mol. The van der Waals surface area contributed by atoms with Gasteiger partial charge in [-0.1, -0.05) is 57.2 Å². The number of hydrogen-bond acceptors (Lipinski definition) is 3. The summed E-state index contributed by atoms with van der Waals surface area (Å²) >= 11 is 3.67. The molecule has 3 heteroatoms. The molecular weight excluding hydrogens is 438 g/mol. The van der Waals surface area contributed by atoms with Gasteiger partial charge in [0, 0.05) is 21.3 Å². The highest BCUT2D eigenvalue weighted by atomic mass is 32.1. The molecular formula is C30H25NS2. The Morgan fingerprint density at radius 2 is 1.64 bits per heavy atom. The van der Waals surface area contributed by atoms with Gasteiger partial charge in [0.15, 0.2) is 0 Å². The van der Waals surface area contributed by atoms with Crippen LogP contribution in [0, 0.1) is 6.92 Å². The fourth-order valence-corrected chi connectivity index (χ4v) is 6.84. The highest BCUT2D eigenvalue weighted by Crippen LogP contribution is 2.41. The maximum atomic E-state index is 4.88. The topological polar surface area (TPSA) is 12.9 Å². The molecule has 0 unspecified atom stereocenters.